The molecule has 3 nitrogen and oxygen atoms in total. The van der Waals surface area contributed by atoms with Gasteiger partial charge in [-0.15, -0.1) is 0 Å². The molecule has 2 atom stereocenters. The molecule has 0 spiro atoms. The molecule has 1 aromatic carbocycles. The van der Waals surface area contributed by atoms with Gasteiger partial charge in [0.25, 0.3) is 0 Å². The molecule has 2 unspecified atom stereocenters. The zero-order valence-electron chi connectivity index (χ0n) is 11.6. The van der Waals surface area contributed by atoms with E-state index < -0.39 is 0 Å². The third kappa shape index (κ3) is 3.39. The fraction of sp³-hybridized carbons (Fsp3) is 0.600. The van der Waals surface area contributed by atoms with Gasteiger partial charge in [-0.25, -0.2) is 0 Å². The smallest absolute Gasteiger partial charge is 0.142 e. The van der Waals surface area contributed by atoms with Gasteiger partial charge in [0, 0.05) is 18.6 Å². The first kappa shape index (κ1) is 13.2. The Bertz CT molecular complexity index is 392. The number of rotatable bonds is 5. The maximum absolute atomic E-state index is 5.59. The number of fused-ring (bicyclic) bond motifs is 1. The highest BCUT2D eigenvalue weighted by Gasteiger charge is 2.12. The molecule has 0 amide bonds. The molecule has 1 aliphatic heterocycles. The number of nitrogens with one attached hydrogen (secondary N) is 2. The van der Waals surface area contributed by atoms with Crippen LogP contribution in [0.4, 0.5) is 5.69 Å². The SMILES string of the molecule is CCC(C)NC(C)Cc1ccc2c(c1)NCCO2. The van der Waals surface area contributed by atoms with Crippen molar-refractivity contribution in [2.45, 2.75) is 45.7 Å². The van der Waals surface area contributed by atoms with Gasteiger partial charge >= 0.3 is 0 Å². The number of hydrogen-bond donors (Lipinski definition) is 2. The minimum absolute atomic E-state index is 0.502. The van der Waals surface area contributed by atoms with Crippen molar-refractivity contribution in [3.05, 3.63) is 23.8 Å². The third-order valence-electron chi connectivity index (χ3n) is 3.44. The van der Waals surface area contributed by atoms with Gasteiger partial charge in [0.1, 0.15) is 12.4 Å². The third-order valence-corrected chi connectivity index (χ3v) is 3.44. The van der Waals surface area contributed by atoms with E-state index in [1.807, 2.05) is 0 Å². The molecule has 0 saturated carbocycles. The summed E-state index contributed by atoms with van der Waals surface area (Å²) in [5.74, 6) is 0.979. The molecule has 100 valence electrons. The van der Waals surface area contributed by atoms with Crippen LogP contribution >= 0.6 is 0 Å². The van der Waals surface area contributed by atoms with Crippen molar-refractivity contribution in [1.82, 2.24) is 5.32 Å². The minimum atomic E-state index is 0.502. The van der Waals surface area contributed by atoms with Crippen LogP contribution in [0, 0.1) is 0 Å². The van der Waals surface area contributed by atoms with Crippen LogP contribution < -0.4 is 15.4 Å². The van der Waals surface area contributed by atoms with Gasteiger partial charge in [0.05, 0.1) is 5.69 Å². The summed E-state index contributed by atoms with van der Waals surface area (Å²) >= 11 is 0. The Morgan fingerprint density at radius 3 is 2.94 bits per heavy atom. The van der Waals surface area contributed by atoms with E-state index in [1.165, 1.54) is 12.0 Å². The summed E-state index contributed by atoms with van der Waals surface area (Å²) in [6, 6.07) is 7.54. The summed E-state index contributed by atoms with van der Waals surface area (Å²) < 4.78 is 5.59. The molecule has 0 aromatic heterocycles. The fourth-order valence-electron chi connectivity index (χ4n) is 2.33. The predicted octanol–water partition coefficient (Wildman–Crippen LogP) is 2.81. The molecule has 0 saturated heterocycles. The Balaban J connectivity index is 1.97. The first-order valence-electron chi connectivity index (χ1n) is 6.94. The maximum atomic E-state index is 5.59. The number of hydrogen-bond acceptors (Lipinski definition) is 3. The lowest BCUT2D eigenvalue weighted by molar-refractivity contribution is 0.323. The van der Waals surface area contributed by atoms with Gasteiger partial charge < -0.3 is 15.4 Å². The lowest BCUT2D eigenvalue weighted by Gasteiger charge is -2.22. The Morgan fingerprint density at radius 2 is 2.17 bits per heavy atom. The molecule has 1 aromatic rings. The van der Waals surface area contributed by atoms with Crippen LogP contribution in [0.25, 0.3) is 0 Å². The first-order valence-corrected chi connectivity index (χ1v) is 6.94. The molecule has 3 heteroatoms. The Kier molecular flexibility index (Phi) is 4.48. The second-order valence-corrected chi connectivity index (χ2v) is 5.19. The van der Waals surface area contributed by atoms with E-state index in [9.17, 15) is 0 Å². The van der Waals surface area contributed by atoms with Gasteiger partial charge in [0.2, 0.25) is 0 Å². The molecule has 2 rings (SSSR count). The van der Waals surface area contributed by atoms with Crippen molar-refractivity contribution < 1.29 is 4.74 Å². The second kappa shape index (κ2) is 6.10. The highest BCUT2D eigenvalue weighted by molar-refractivity contribution is 5.59. The topological polar surface area (TPSA) is 33.3 Å². The summed E-state index contributed by atoms with van der Waals surface area (Å²) in [6.45, 7) is 8.36. The highest BCUT2D eigenvalue weighted by atomic mass is 16.5. The van der Waals surface area contributed by atoms with Gasteiger partial charge in [-0.05, 0) is 44.4 Å². The van der Waals surface area contributed by atoms with Crippen molar-refractivity contribution in [2.75, 3.05) is 18.5 Å². The first-order chi connectivity index (χ1) is 8.69. The molecule has 0 radical (unpaired) electrons. The van der Waals surface area contributed by atoms with Gasteiger partial charge in [-0.3, -0.25) is 0 Å². The van der Waals surface area contributed by atoms with Gasteiger partial charge in [-0.2, -0.15) is 0 Å². The average Bonchev–Trinajstić information content (AvgIpc) is 2.38. The van der Waals surface area contributed by atoms with E-state index in [2.05, 4.69) is 49.6 Å². The monoisotopic (exact) mass is 248 g/mol. The van der Waals surface area contributed by atoms with Crippen molar-refractivity contribution in [1.29, 1.82) is 0 Å². The summed E-state index contributed by atoms with van der Waals surface area (Å²) in [6.07, 6.45) is 2.23. The molecule has 18 heavy (non-hydrogen) atoms. The van der Waals surface area contributed by atoms with Crippen LogP contribution in [0.3, 0.4) is 0 Å². The lowest BCUT2D eigenvalue weighted by atomic mass is 10.0. The number of ether oxygens (including phenoxy) is 1. The minimum Gasteiger partial charge on any atom is -0.490 e. The van der Waals surface area contributed by atoms with E-state index in [0.29, 0.717) is 12.1 Å². The van der Waals surface area contributed by atoms with Crippen molar-refractivity contribution >= 4 is 5.69 Å². The maximum Gasteiger partial charge on any atom is 0.142 e. The van der Waals surface area contributed by atoms with Crippen molar-refractivity contribution in [3.63, 3.8) is 0 Å². The van der Waals surface area contributed by atoms with Gasteiger partial charge in [-0.1, -0.05) is 13.0 Å². The zero-order valence-corrected chi connectivity index (χ0v) is 11.6. The van der Waals surface area contributed by atoms with Crippen LogP contribution in [-0.4, -0.2) is 25.2 Å². The van der Waals surface area contributed by atoms with E-state index >= 15 is 0 Å². The summed E-state index contributed by atoms with van der Waals surface area (Å²) in [5.41, 5.74) is 2.49. The van der Waals surface area contributed by atoms with Crippen molar-refractivity contribution in [2.24, 2.45) is 0 Å². The fourth-order valence-corrected chi connectivity index (χ4v) is 2.33. The predicted molar refractivity (Wildman–Crippen MR) is 76.5 cm³/mol. The van der Waals surface area contributed by atoms with Crippen molar-refractivity contribution in [3.8, 4) is 5.75 Å². The molecular formula is C15H24N2O. The van der Waals surface area contributed by atoms with Crippen LogP contribution in [0.1, 0.15) is 32.8 Å². The molecular weight excluding hydrogens is 224 g/mol. The van der Waals surface area contributed by atoms with Crippen LogP contribution in [-0.2, 0) is 6.42 Å². The molecule has 1 aliphatic rings. The second-order valence-electron chi connectivity index (χ2n) is 5.19. The quantitative estimate of drug-likeness (QED) is 0.840. The summed E-state index contributed by atoms with van der Waals surface area (Å²) in [5, 5.41) is 6.99. The molecule has 0 fully saturated rings. The van der Waals surface area contributed by atoms with E-state index in [-0.39, 0.29) is 0 Å². The largest absolute Gasteiger partial charge is 0.490 e. The normalized spacial score (nSPS) is 17.3. The van der Waals surface area contributed by atoms with Gasteiger partial charge in [0.15, 0.2) is 0 Å². The highest BCUT2D eigenvalue weighted by Crippen LogP contribution is 2.28. The van der Waals surface area contributed by atoms with Crippen LogP contribution in [0.2, 0.25) is 0 Å². The summed E-state index contributed by atoms with van der Waals surface area (Å²) in [4.78, 5) is 0. The standard InChI is InChI=1S/C15H24N2O/c1-4-11(2)17-12(3)9-13-5-6-15-14(10-13)16-7-8-18-15/h5-6,10-12,16-17H,4,7-9H2,1-3H3. The number of benzene rings is 1. The Labute approximate surface area is 110 Å². The van der Waals surface area contributed by atoms with E-state index in [1.54, 1.807) is 0 Å². The Morgan fingerprint density at radius 1 is 1.33 bits per heavy atom. The Hall–Kier alpha value is -1.22. The zero-order chi connectivity index (χ0) is 13.0. The molecule has 0 aliphatic carbocycles. The van der Waals surface area contributed by atoms with Crippen LogP contribution in [0.15, 0.2) is 18.2 Å². The summed E-state index contributed by atoms with van der Waals surface area (Å²) in [7, 11) is 0. The lowest BCUT2D eigenvalue weighted by Crippen LogP contribution is -2.35. The number of anilines is 1. The van der Waals surface area contributed by atoms with Crippen LogP contribution in [0.5, 0.6) is 5.75 Å². The van der Waals surface area contributed by atoms with E-state index in [4.69, 9.17) is 4.74 Å². The molecule has 0 bridgehead atoms. The molecule has 1 heterocycles. The van der Waals surface area contributed by atoms with E-state index in [0.717, 1.165) is 31.0 Å². The average molecular weight is 248 g/mol. The molecule has 2 N–H and O–H groups in total.